The molecule has 2 aromatic heterocycles. The van der Waals surface area contributed by atoms with Crippen molar-refractivity contribution in [2.75, 3.05) is 18.1 Å². The fraction of sp³-hybridized carbons (Fsp3) is 0.417. The van der Waals surface area contributed by atoms with Crippen LogP contribution in [0, 0.1) is 6.92 Å². The molecule has 0 amide bonds. The third-order valence-electron chi connectivity index (χ3n) is 2.50. The predicted molar refractivity (Wildman–Crippen MR) is 74.5 cm³/mol. The Hall–Kier alpha value is -1.56. The molecule has 0 aliphatic rings. The summed E-state index contributed by atoms with van der Waals surface area (Å²) in [6.45, 7) is 5.00. The van der Waals surface area contributed by atoms with E-state index in [1.807, 2.05) is 30.0 Å². The van der Waals surface area contributed by atoms with Gasteiger partial charge < -0.3 is 5.32 Å². The number of imidazole rings is 1. The largest absolute Gasteiger partial charge is 0.370 e. The lowest BCUT2D eigenvalue weighted by Gasteiger charge is -2.09. The molecule has 2 heterocycles. The van der Waals surface area contributed by atoms with Gasteiger partial charge in [-0.05, 0) is 19.6 Å². The fourth-order valence-corrected chi connectivity index (χ4v) is 1.97. The molecule has 96 valence electrons. The number of aryl methyl sites for hydroxylation is 1. The molecular formula is C12H17N5S. The standard InChI is InChI=1S/C12H17N5S/c1-4-5-14-10-8-11(16-12(15-10)18-3)17-7-6-13-9(17)2/h6-8H,4-5H2,1-3H3,(H,14,15,16). The zero-order chi connectivity index (χ0) is 13.0. The summed E-state index contributed by atoms with van der Waals surface area (Å²) < 4.78 is 1.96. The number of aromatic nitrogens is 4. The van der Waals surface area contributed by atoms with Crippen molar-refractivity contribution < 1.29 is 0 Å². The number of nitrogens with one attached hydrogen (secondary N) is 1. The zero-order valence-corrected chi connectivity index (χ0v) is 11.7. The Morgan fingerprint density at radius 3 is 2.83 bits per heavy atom. The maximum atomic E-state index is 4.50. The first kappa shape index (κ1) is 12.9. The quantitative estimate of drug-likeness (QED) is 0.663. The van der Waals surface area contributed by atoms with Crippen molar-refractivity contribution in [3.8, 4) is 5.82 Å². The first-order valence-corrected chi connectivity index (χ1v) is 7.14. The van der Waals surface area contributed by atoms with Crippen LogP contribution in [0.2, 0.25) is 0 Å². The summed E-state index contributed by atoms with van der Waals surface area (Å²) in [6, 6.07) is 1.95. The van der Waals surface area contributed by atoms with Gasteiger partial charge in [-0.25, -0.2) is 15.0 Å². The lowest BCUT2D eigenvalue weighted by Crippen LogP contribution is -2.07. The molecule has 0 bridgehead atoms. The number of hydrogen-bond donors (Lipinski definition) is 1. The normalized spacial score (nSPS) is 10.6. The van der Waals surface area contributed by atoms with Crippen LogP contribution >= 0.6 is 11.8 Å². The van der Waals surface area contributed by atoms with Gasteiger partial charge in [0.05, 0.1) is 0 Å². The van der Waals surface area contributed by atoms with Crippen molar-refractivity contribution in [3.63, 3.8) is 0 Å². The van der Waals surface area contributed by atoms with Crippen molar-refractivity contribution in [2.24, 2.45) is 0 Å². The summed E-state index contributed by atoms with van der Waals surface area (Å²) >= 11 is 1.54. The zero-order valence-electron chi connectivity index (χ0n) is 10.8. The van der Waals surface area contributed by atoms with E-state index in [1.54, 1.807) is 6.20 Å². The highest BCUT2D eigenvalue weighted by molar-refractivity contribution is 7.98. The summed E-state index contributed by atoms with van der Waals surface area (Å²) in [7, 11) is 0. The molecule has 0 aromatic carbocycles. The maximum Gasteiger partial charge on any atom is 0.191 e. The molecule has 5 nitrogen and oxygen atoms in total. The fourth-order valence-electron chi connectivity index (χ4n) is 1.59. The minimum Gasteiger partial charge on any atom is -0.370 e. The summed E-state index contributed by atoms with van der Waals surface area (Å²) in [5.41, 5.74) is 0. The average molecular weight is 263 g/mol. The number of hydrogen-bond acceptors (Lipinski definition) is 5. The minimum atomic E-state index is 0.763. The van der Waals surface area contributed by atoms with Gasteiger partial charge in [-0.15, -0.1) is 0 Å². The Balaban J connectivity index is 2.38. The number of anilines is 1. The molecule has 0 unspecified atom stereocenters. The molecule has 18 heavy (non-hydrogen) atoms. The van der Waals surface area contributed by atoms with Crippen LogP contribution in [-0.2, 0) is 0 Å². The third kappa shape index (κ3) is 2.81. The van der Waals surface area contributed by atoms with Crippen molar-refractivity contribution in [1.82, 2.24) is 19.5 Å². The van der Waals surface area contributed by atoms with E-state index in [2.05, 4.69) is 27.2 Å². The SMILES string of the molecule is CCCNc1cc(-n2ccnc2C)nc(SC)n1. The van der Waals surface area contributed by atoms with E-state index in [0.29, 0.717) is 0 Å². The van der Waals surface area contributed by atoms with Crippen LogP contribution in [0.1, 0.15) is 19.2 Å². The van der Waals surface area contributed by atoms with Gasteiger partial charge >= 0.3 is 0 Å². The molecular weight excluding hydrogens is 246 g/mol. The number of thioether (sulfide) groups is 1. The molecule has 0 atom stereocenters. The van der Waals surface area contributed by atoms with Crippen molar-refractivity contribution in [1.29, 1.82) is 0 Å². The van der Waals surface area contributed by atoms with Gasteiger partial charge in [0.2, 0.25) is 0 Å². The van der Waals surface area contributed by atoms with Gasteiger partial charge in [0.15, 0.2) is 5.16 Å². The van der Waals surface area contributed by atoms with Crippen LogP contribution < -0.4 is 5.32 Å². The van der Waals surface area contributed by atoms with E-state index in [0.717, 1.165) is 35.6 Å². The van der Waals surface area contributed by atoms with E-state index >= 15 is 0 Å². The van der Waals surface area contributed by atoms with Crippen LogP contribution in [-0.4, -0.2) is 32.3 Å². The van der Waals surface area contributed by atoms with E-state index in [-0.39, 0.29) is 0 Å². The maximum absolute atomic E-state index is 4.50. The molecule has 0 aliphatic carbocycles. The van der Waals surface area contributed by atoms with Crippen LogP contribution in [0.15, 0.2) is 23.6 Å². The second-order valence-corrected chi connectivity index (χ2v) is 4.64. The Morgan fingerprint density at radius 2 is 2.22 bits per heavy atom. The second-order valence-electron chi connectivity index (χ2n) is 3.87. The molecule has 6 heteroatoms. The minimum absolute atomic E-state index is 0.763. The van der Waals surface area contributed by atoms with Crippen LogP contribution in [0.5, 0.6) is 0 Å². The number of rotatable bonds is 5. The molecule has 0 saturated carbocycles. The van der Waals surface area contributed by atoms with E-state index in [1.165, 1.54) is 11.8 Å². The first-order chi connectivity index (χ1) is 8.74. The predicted octanol–water partition coefficient (Wildman–Crippen LogP) is 2.51. The van der Waals surface area contributed by atoms with Gasteiger partial charge in [0.1, 0.15) is 17.5 Å². The smallest absolute Gasteiger partial charge is 0.191 e. The summed E-state index contributed by atoms with van der Waals surface area (Å²) in [6.07, 6.45) is 6.72. The first-order valence-electron chi connectivity index (χ1n) is 5.92. The second kappa shape index (κ2) is 5.86. The van der Waals surface area contributed by atoms with Gasteiger partial charge in [-0.1, -0.05) is 18.7 Å². The van der Waals surface area contributed by atoms with Crippen molar-refractivity contribution in [3.05, 3.63) is 24.3 Å². The summed E-state index contributed by atoms with van der Waals surface area (Å²) in [5, 5.41) is 4.06. The monoisotopic (exact) mass is 263 g/mol. The van der Waals surface area contributed by atoms with Gasteiger partial charge in [-0.3, -0.25) is 4.57 Å². The van der Waals surface area contributed by atoms with Crippen LogP contribution in [0.25, 0.3) is 5.82 Å². The molecule has 2 rings (SSSR count). The molecule has 0 aliphatic heterocycles. The van der Waals surface area contributed by atoms with Crippen LogP contribution in [0.4, 0.5) is 5.82 Å². The molecule has 0 saturated heterocycles. The molecule has 0 radical (unpaired) electrons. The highest BCUT2D eigenvalue weighted by Crippen LogP contribution is 2.17. The van der Waals surface area contributed by atoms with Gasteiger partial charge in [-0.2, -0.15) is 0 Å². The Kier molecular flexibility index (Phi) is 4.19. The summed E-state index contributed by atoms with van der Waals surface area (Å²) in [5.74, 6) is 2.63. The Morgan fingerprint density at radius 1 is 1.39 bits per heavy atom. The van der Waals surface area contributed by atoms with E-state index < -0.39 is 0 Å². The van der Waals surface area contributed by atoms with Crippen molar-refractivity contribution >= 4 is 17.6 Å². The Labute approximate surface area is 111 Å². The van der Waals surface area contributed by atoms with Gasteiger partial charge in [0, 0.05) is 25.0 Å². The van der Waals surface area contributed by atoms with Gasteiger partial charge in [0.25, 0.3) is 0 Å². The highest BCUT2D eigenvalue weighted by Gasteiger charge is 2.07. The van der Waals surface area contributed by atoms with E-state index in [9.17, 15) is 0 Å². The van der Waals surface area contributed by atoms with Crippen molar-refractivity contribution in [2.45, 2.75) is 25.4 Å². The topological polar surface area (TPSA) is 55.6 Å². The molecule has 1 N–H and O–H groups in total. The molecule has 0 fully saturated rings. The average Bonchev–Trinajstić information content (AvgIpc) is 2.82. The third-order valence-corrected chi connectivity index (χ3v) is 3.05. The Bertz CT molecular complexity index is 523. The lowest BCUT2D eigenvalue weighted by molar-refractivity contribution is 0.859. The van der Waals surface area contributed by atoms with E-state index in [4.69, 9.17) is 0 Å². The molecule has 2 aromatic rings. The van der Waals surface area contributed by atoms with Crippen LogP contribution in [0.3, 0.4) is 0 Å². The highest BCUT2D eigenvalue weighted by atomic mass is 32.2. The lowest BCUT2D eigenvalue weighted by atomic mass is 10.4. The summed E-state index contributed by atoms with van der Waals surface area (Å²) in [4.78, 5) is 13.1. The molecule has 0 spiro atoms. The number of nitrogens with zero attached hydrogens (tertiary/aromatic N) is 4.